The number of aromatic hydroxyl groups is 1. The van der Waals surface area contributed by atoms with Crippen LogP contribution in [0.1, 0.15) is 11.9 Å². The van der Waals surface area contributed by atoms with E-state index in [1.165, 1.54) is 0 Å². The lowest BCUT2D eigenvalue weighted by atomic mass is 10.1. The third-order valence-corrected chi connectivity index (χ3v) is 4.70. The van der Waals surface area contributed by atoms with E-state index < -0.39 is 0 Å². The van der Waals surface area contributed by atoms with Gasteiger partial charge in [-0.15, -0.1) is 0 Å². The molecule has 0 radical (unpaired) electrons. The summed E-state index contributed by atoms with van der Waals surface area (Å²) >= 11 is 3.39. The van der Waals surface area contributed by atoms with Gasteiger partial charge in [0.15, 0.2) is 5.82 Å². The zero-order valence-electron chi connectivity index (χ0n) is 11.4. The lowest BCUT2D eigenvalue weighted by molar-refractivity contribution is 0.00781. The van der Waals surface area contributed by atoms with Gasteiger partial charge in [0.1, 0.15) is 5.75 Å². The highest BCUT2D eigenvalue weighted by Crippen LogP contribution is 2.33. The highest BCUT2D eigenvalue weighted by molar-refractivity contribution is 9.10. The second-order valence-electron chi connectivity index (χ2n) is 5.47. The van der Waals surface area contributed by atoms with Gasteiger partial charge in [0.05, 0.1) is 11.6 Å². The molecule has 1 N–H and O–H groups in total. The van der Waals surface area contributed by atoms with Crippen molar-refractivity contribution in [3.8, 4) is 17.2 Å². The van der Waals surface area contributed by atoms with Gasteiger partial charge in [-0.25, -0.2) is 0 Å². The van der Waals surface area contributed by atoms with Gasteiger partial charge in [0.2, 0.25) is 0 Å². The highest BCUT2D eigenvalue weighted by Gasteiger charge is 2.35. The largest absolute Gasteiger partial charge is 0.507 e. The first-order valence-corrected chi connectivity index (χ1v) is 7.79. The Labute approximate surface area is 130 Å². The third kappa shape index (κ3) is 2.35. The maximum atomic E-state index is 9.95. The zero-order valence-corrected chi connectivity index (χ0v) is 13.0. The monoisotopic (exact) mass is 350 g/mol. The van der Waals surface area contributed by atoms with Crippen LogP contribution in [0.2, 0.25) is 0 Å². The fraction of sp³-hybridized carbons (Fsp3) is 0.429. The fourth-order valence-electron chi connectivity index (χ4n) is 3.02. The highest BCUT2D eigenvalue weighted by atomic mass is 79.9. The molecule has 110 valence electrons. The van der Waals surface area contributed by atoms with Gasteiger partial charge in [-0.1, -0.05) is 21.1 Å². The summed E-state index contributed by atoms with van der Waals surface area (Å²) in [6.45, 7) is 5.29. The zero-order chi connectivity index (χ0) is 14.4. The average molecular weight is 351 g/mol. The molecule has 1 unspecified atom stereocenters. The van der Waals surface area contributed by atoms with Crippen molar-refractivity contribution in [3.05, 3.63) is 28.5 Å². The van der Waals surface area contributed by atoms with Crippen LogP contribution in [-0.4, -0.2) is 57.8 Å². The molecule has 0 aliphatic carbocycles. The molecule has 3 saturated heterocycles. The summed E-state index contributed by atoms with van der Waals surface area (Å²) in [4.78, 5) is 9.32. The molecule has 1 aromatic carbocycles. The quantitative estimate of drug-likeness (QED) is 0.891. The molecule has 5 rings (SSSR count). The minimum Gasteiger partial charge on any atom is -0.507 e. The Morgan fingerprint density at radius 2 is 2.05 bits per heavy atom. The molecule has 7 heteroatoms. The van der Waals surface area contributed by atoms with Gasteiger partial charge in [0, 0.05) is 37.2 Å². The molecule has 21 heavy (non-hydrogen) atoms. The number of rotatable bonds is 2. The number of phenolic OH excluding ortho intramolecular Hbond substituents is 1. The van der Waals surface area contributed by atoms with Crippen LogP contribution in [0.4, 0.5) is 0 Å². The number of aromatic nitrogens is 2. The first-order chi connectivity index (χ1) is 10.2. The summed E-state index contributed by atoms with van der Waals surface area (Å²) < 4.78 is 6.22. The summed E-state index contributed by atoms with van der Waals surface area (Å²) in [7, 11) is 0. The van der Waals surface area contributed by atoms with Crippen LogP contribution in [0.15, 0.2) is 27.2 Å². The van der Waals surface area contributed by atoms with E-state index in [2.05, 4.69) is 35.9 Å². The van der Waals surface area contributed by atoms with E-state index in [0.29, 0.717) is 17.3 Å². The van der Waals surface area contributed by atoms with E-state index >= 15 is 0 Å². The van der Waals surface area contributed by atoms with E-state index in [4.69, 9.17) is 4.52 Å². The molecule has 1 atom stereocenters. The molecule has 4 heterocycles. The number of phenols is 1. The molecular formula is C14H15BrN4O2. The Morgan fingerprint density at radius 1 is 1.24 bits per heavy atom. The second kappa shape index (κ2) is 5.08. The van der Waals surface area contributed by atoms with Crippen molar-refractivity contribution in [1.82, 2.24) is 19.9 Å². The van der Waals surface area contributed by atoms with Crippen molar-refractivity contribution in [2.24, 2.45) is 0 Å². The Hall–Kier alpha value is -1.44. The standard InChI is InChI=1S/C14H15BrN4O2/c15-9-1-2-12(20)10(7-9)14-16-13(17-21-14)11-8-18-3-5-19(11)6-4-18/h1-2,7,11,20H,3-6,8H2. The van der Waals surface area contributed by atoms with E-state index in [1.807, 2.05) is 0 Å². The second-order valence-corrected chi connectivity index (χ2v) is 6.39. The molecule has 1 aromatic heterocycles. The molecule has 0 saturated carbocycles. The predicted molar refractivity (Wildman–Crippen MR) is 79.9 cm³/mol. The first-order valence-electron chi connectivity index (χ1n) is 6.99. The minimum absolute atomic E-state index is 0.141. The third-order valence-electron chi connectivity index (χ3n) is 4.21. The van der Waals surface area contributed by atoms with Crippen molar-refractivity contribution in [1.29, 1.82) is 0 Å². The van der Waals surface area contributed by atoms with E-state index in [9.17, 15) is 5.11 Å². The Balaban J connectivity index is 1.65. The van der Waals surface area contributed by atoms with Gasteiger partial charge in [0.25, 0.3) is 5.89 Å². The smallest absolute Gasteiger partial charge is 0.261 e. The van der Waals surface area contributed by atoms with E-state index in [-0.39, 0.29) is 11.8 Å². The number of hydrogen-bond donors (Lipinski definition) is 1. The summed E-state index contributed by atoms with van der Waals surface area (Å²) in [5.74, 6) is 1.21. The van der Waals surface area contributed by atoms with Gasteiger partial charge in [-0.3, -0.25) is 9.80 Å². The van der Waals surface area contributed by atoms with Crippen LogP contribution < -0.4 is 0 Å². The predicted octanol–water partition coefficient (Wildman–Crippen LogP) is 1.88. The first kappa shape index (κ1) is 13.2. The molecule has 3 aliphatic heterocycles. The number of fused-ring (bicyclic) bond motifs is 3. The molecule has 2 bridgehead atoms. The lowest BCUT2D eigenvalue weighted by Gasteiger charge is -2.46. The summed E-state index contributed by atoms with van der Waals surface area (Å²) in [6.07, 6.45) is 0. The number of benzene rings is 1. The van der Waals surface area contributed by atoms with Crippen LogP contribution in [0.3, 0.4) is 0 Å². The SMILES string of the molecule is Oc1ccc(Br)cc1-c1nc(C2CN3CCN2CC3)no1. The van der Waals surface area contributed by atoms with Gasteiger partial charge >= 0.3 is 0 Å². The number of nitrogens with zero attached hydrogens (tertiary/aromatic N) is 4. The van der Waals surface area contributed by atoms with Crippen LogP contribution in [0.5, 0.6) is 5.75 Å². The maximum absolute atomic E-state index is 9.95. The number of hydrogen-bond acceptors (Lipinski definition) is 6. The Morgan fingerprint density at radius 3 is 2.76 bits per heavy atom. The number of piperazine rings is 3. The summed E-state index contributed by atoms with van der Waals surface area (Å²) in [5.41, 5.74) is 0.555. The van der Waals surface area contributed by atoms with Crippen LogP contribution in [0, 0.1) is 0 Å². The molecule has 3 fully saturated rings. The Kier molecular flexibility index (Phi) is 3.20. The van der Waals surface area contributed by atoms with Gasteiger partial charge in [-0.2, -0.15) is 4.98 Å². The molecule has 3 aliphatic rings. The average Bonchev–Trinajstić information content (AvgIpc) is 3.00. The molecule has 0 spiro atoms. The number of halogens is 1. The summed E-state index contributed by atoms with van der Waals surface area (Å²) in [5, 5.41) is 14.1. The summed E-state index contributed by atoms with van der Waals surface area (Å²) in [6, 6.07) is 5.36. The van der Waals surface area contributed by atoms with Crippen molar-refractivity contribution >= 4 is 15.9 Å². The van der Waals surface area contributed by atoms with Crippen LogP contribution in [-0.2, 0) is 0 Å². The minimum atomic E-state index is 0.141. The normalized spacial score (nSPS) is 28.0. The van der Waals surface area contributed by atoms with E-state index in [0.717, 1.165) is 37.2 Å². The van der Waals surface area contributed by atoms with Gasteiger partial charge < -0.3 is 9.63 Å². The molecule has 2 aromatic rings. The molecule has 0 amide bonds. The van der Waals surface area contributed by atoms with Crippen LogP contribution in [0.25, 0.3) is 11.5 Å². The van der Waals surface area contributed by atoms with Crippen LogP contribution >= 0.6 is 15.9 Å². The topological polar surface area (TPSA) is 65.6 Å². The van der Waals surface area contributed by atoms with Crippen molar-refractivity contribution in [2.45, 2.75) is 6.04 Å². The molecular weight excluding hydrogens is 336 g/mol. The fourth-order valence-corrected chi connectivity index (χ4v) is 3.38. The maximum Gasteiger partial charge on any atom is 0.261 e. The van der Waals surface area contributed by atoms with Gasteiger partial charge in [-0.05, 0) is 18.2 Å². The lowest BCUT2D eigenvalue weighted by Crippen LogP contribution is -2.57. The van der Waals surface area contributed by atoms with Crippen molar-refractivity contribution < 1.29 is 9.63 Å². The van der Waals surface area contributed by atoms with Crippen molar-refractivity contribution in [2.75, 3.05) is 32.7 Å². The van der Waals surface area contributed by atoms with Crippen molar-refractivity contribution in [3.63, 3.8) is 0 Å². The Bertz CT molecular complexity index is 667. The molecule has 6 nitrogen and oxygen atoms in total. The van der Waals surface area contributed by atoms with E-state index in [1.54, 1.807) is 18.2 Å².